The van der Waals surface area contributed by atoms with Gasteiger partial charge in [0.05, 0.1) is 0 Å². The van der Waals surface area contributed by atoms with Crippen molar-refractivity contribution in [1.29, 1.82) is 0 Å². The number of unbranched alkanes of at least 4 members (excludes halogenated alkanes) is 1. The summed E-state index contributed by atoms with van der Waals surface area (Å²) in [6.07, 6.45) is 10.0. The van der Waals surface area contributed by atoms with Crippen LogP contribution in [0.3, 0.4) is 0 Å². The van der Waals surface area contributed by atoms with Crippen LogP contribution in [0.15, 0.2) is 23.9 Å². The Labute approximate surface area is 76.6 Å². The summed E-state index contributed by atoms with van der Waals surface area (Å²) in [6, 6.07) is 0. The highest BCUT2D eigenvalue weighted by atomic mass is 14.9. The van der Waals surface area contributed by atoms with Crippen molar-refractivity contribution in [2.75, 3.05) is 6.54 Å². The third-order valence-electron chi connectivity index (χ3n) is 1.65. The second kappa shape index (κ2) is 8.38. The predicted molar refractivity (Wildman–Crippen MR) is 56.1 cm³/mol. The topological polar surface area (TPSA) is 12.0 Å². The lowest BCUT2D eigenvalue weighted by Gasteiger charge is -2.03. The number of hydrogen-bond acceptors (Lipinski definition) is 1. The zero-order valence-electron chi connectivity index (χ0n) is 8.56. The first-order valence-electron chi connectivity index (χ1n) is 4.88. The molecule has 0 aromatic carbocycles. The van der Waals surface area contributed by atoms with Gasteiger partial charge in [-0.1, -0.05) is 32.4 Å². The molecular formula is C11H21N. The van der Waals surface area contributed by atoms with Crippen LogP contribution in [0.4, 0.5) is 0 Å². The van der Waals surface area contributed by atoms with E-state index in [9.17, 15) is 0 Å². The monoisotopic (exact) mass is 167 g/mol. The van der Waals surface area contributed by atoms with Crippen LogP contribution in [0.2, 0.25) is 0 Å². The lowest BCUT2D eigenvalue weighted by Crippen LogP contribution is -2.11. The highest BCUT2D eigenvalue weighted by Gasteiger charge is 1.84. The summed E-state index contributed by atoms with van der Waals surface area (Å²) in [5.74, 6) is 0. The van der Waals surface area contributed by atoms with Crippen molar-refractivity contribution in [2.24, 2.45) is 0 Å². The summed E-state index contributed by atoms with van der Waals surface area (Å²) in [7, 11) is 0. The van der Waals surface area contributed by atoms with E-state index < -0.39 is 0 Å². The molecule has 12 heavy (non-hydrogen) atoms. The quantitative estimate of drug-likeness (QED) is 0.473. The molecule has 0 aromatic rings. The molecule has 0 heterocycles. The molecule has 0 saturated carbocycles. The van der Waals surface area contributed by atoms with Crippen LogP contribution in [0, 0.1) is 0 Å². The Kier molecular flexibility index (Phi) is 7.87. The molecule has 0 bridgehead atoms. The number of rotatable bonds is 6. The first-order chi connectivity index (χ1) is 5.81. The standard InChI is InChI=1S/C11H21N/c1-4-6-8-9-11(3)12-10-7-5-2/h6,8-9,12H,4-5,7,10H2,1-3H3/b8-6-,11-9+. The zero-order valence-corrected chi connectivity index (χ0v) is 8.56. The molecule has 0 unspecified atom stereocenters. The molecule has 0 saturated heterocycles. The molecule has 0 aliphatic rings. The van der Waals surface area contributed by atoms with E-state index in [2.05, 4.69) is 44.3 Å². The van der Waals surface area contributed by atoms with E-state index in [1.165, 1.54) is 18.5 Å². The van der Waals surface area contributed by atoms with Crippen LogP contribution < -0.4 is 5.32 Å². The van der Waals surface area contributed by atoms with Gasteiger partial charge in [-0.3, -0.25) is 0 Å². The maximum atomic E-state index is 3.35. The van der Waals surface area contributed by atoms with Crippen LogP contribution in [0.1, 0.15) is 40.0 Å². The minimum absolute atomic E-state index is 1.10. The number of hydrogen-bond donors (Lipinski definition) is 1. The van der Waals surface area contributed by atoms with Crippen LogP contribution in [0.5, 0.6) is 0 Å². The summed E-state index contributed by atoms with van der Waals surface area (Å²) in [6.45, 7) is 7.55. The van der Waals surface area contributed by atoms with E-state index in [1.54, 1.807) is 0 Å². The Morgan fingerprint density at radius 2 is 2.08 bits per heavy atom. The van der Waals surface area contributed by atoms with Crippen LogP contribution in [0.25, 0.3) is 0 Å². The van der Waals surface area contributed by atoms with Gasteiger partial charge < -0.3 is 5.32 Å². The van der Waals surface area contributed by atoms with Gasteiger partial charge in [-0.15, -0.1) is 0 Å². The fraction of sp³-hybridized carbons (Fsp3) is 0.636. The molecule has 0 rings (SSSR count). The smallest absolute Gasteiger partial charge is 0.0143 e. The minimum atomic E-state index is 1.10. The van der Waals surface area contributed by atoms with Gasteiger partial charge in [-0.25, -0.2) is 0 Å². The molecule has 0 radical (unpaired) electrons. The average molecular weight is 167 g/mol. The fourth-order valence-corrected chi connectivity index (χ4v) is 0.870. The molecule has 1 nitrogen and oxygen atoms in total. The molecule has 0 amide bonds. The van der Waals surface area contributed by atoms with Crippen molar-refractivity contribution >= 4 is 0 Å². The molecule has 1 N–H and O–H groups in total. The van der Waals surface area contributed by atoms with Crippen LogP contribution >= 0.6 is 0 Å². The first-order valence-corrected chi connectivity index (χ1v) is 4.88. The molecule has 70 valence electrons. The van der Waals surface area contributed by atoms with Crippen molar-refractivity contribution in [3.05, 3.63) is 23.9 Å². The first kappa shape index (κ1) is 11.3. The van der Waals surface area contributed by atoms with E-state index in [0.717, 1.165) is 13.0 Å². The Hall–Kier alpha value is -0.720. The molecule has 0 spiro atoms. The molecule has 0 fully saturated rings. The third kappa shape index (κ3) is 7.39. The lowest BCUT2D eigenvalue weighted by molar-refractivity contribution is 0.710. The van der Waals surface area contributed by atoms with Crippen LogP contribution in [-0.2, 0) is 0 Å². The second-order valence-electron chi connectivity index (χ2n) is 2.97. The SMILES string of the molecule is CC/C=C\C=C(/C)NCCCC. The maximum Gasteiger partial charge on any atom is 0.0143 e. The van der Waals surface area contributed by atoms with Crippen molar-refractivity contribution in [1.82, 2.24) is 5.32 Å². The molecule has 0 atom stereocenters. The highest BCUT2D eigenvalue weighted by Crippen LogP contribution is 1.91. The number of allylic oxidation sites excluding steroid dienone is 4. The van der Waals surface area contributed by atoms with Gasteiger partial charge in [-0.05, 0) is 25.8 Å². The van der Waals surface area contributed by atoms with E-state index in [-0.39, 0.29) is 0 Å². The Morgan fingerprint density at radius 1 is 1.33 bits per heavy atom. The average Bonchev–Trinajstić information content (AvgIpc) is 2.06. The van der Waals surface area contributed by atoms with E-state index in [0.29, 0.717) is 0 Å². The Balaban J connectivity index is 3.48. The molecule has 0 aliphatic carbocycles. The van der Waals surface area contributed by atoms with Gasteiger partial charge in [-0.2, -0.15) is 0 Å². The minimum Gasteiger partial charge on any atom is -0.389 e. The molecule has 1 heteroatoms. The van der Waals surface area contributed by atoms with Gasteiger partial charge in [0.15, 0.2) is 0 Å². The van der Waals surface area contributed by atoms with Gasteiger partial charge in [0.2, 0.25) is 0 Å². The third-order valence-corrected chi connectivity index (χ3v) is 1.65. The summed E-state index contributed by atoms with van der Waals surface area (Å²) in [4.78, 5) is 0. The van der Waals surface area contributed by atoms with E-state index >= 15 is 0 Å². The molecule has 0 aliphatic heterocycles. The predicted octanol–water partition coefficient (Wildman–Crippen LogP) is 3.25. The maximum absolute atomic E-state index is 3.35. The fourth-order valence-electron chi connectivity index (χ4n) is 0.870. The zero-order chi connectivity index (χ0) is 9.23. The summed E-state index contributed by atoms with van der Waals surface area (Å²) in [5, 5.41) is 3.35. The van der Waals surface area contributed by atoms with Crippen molar-refractivity contribution in [3.63, 3.8) is 0 Å². The Bertz CT molecular complexity index is 145. The van der Waals surface area contributed by atoms with Crippen molar-refractivity contribution in [2.45, 2.75) is 40.0 Å². The summed E-state index contributed by atoms with van der Waals surface area (Å²) >= 11 is 0. The Morgan fingerprint density at radius 3 is 2.67 bits per heavy atom. The largest absolute Gasteiger partial charge is 0.389 e. The van der Waals surface area contributed by atoms with E-state index in [1.807, 2.05) is 0 Å². The van der Waals surface area contributed by atoms with Crippen molar-refractivity contribution in [3.8, 4) is 0 Å². The molecule has 0 aromatic heterocycles. The van der Waals surface area contributed by atoms with Crippen LogP contribution in [-0.4, -0.2) is 6.54 Å². The van der Waals surface area contributed by atoms with Gasteiger partial charge in [0, 0.05) is 12.2 Å². The second-order valence-corrected chi connectivity index (χ2v) is 2.97. The summed E-state index contributed by atoms with van der Waals surface area (Å²) in [5.41, 5.74) is 1.26. The summed E-state index contributed by atoms with van der Waals surface area (Å²) < 4.78 is 0. The highest BCUT2D eigenvalue weighted by molar-refractivity contribution is 5.08. The van der Waals surface area contributed by atoms with Gasteiger partial charge >= 0.3 is 0 Å². The van der Waals surface area contributed by atoms with Gasteiger partial charge in [0.1, 0.15) is 0 Å². The lowest BCUT2D eigenvalue weighted by atomic mass is 10.3. The van der Waals surface area contributed by atoms with Gasteiger partial charge in [0.25, 0.3) is 0 Å². The normalized spacial score (nSPS) is 12.4. The number of nitrogens with one attached hydrogen (secondary N) is 1. The van der Waals surface area contributed by atoms with Crippen molar-refractivity contribution < 1.29 is 0 Å². The van der Waals surface area contributed by atoms with E-state index in [4.69, 9.17) is 0 Å². The molecular weight excluding hydrogens is 146 g/mol.